The molecule has 2 aromatic rings. The van der Waals surface area contributed by atoms with Crippen molar-refractivity contribution in [3.63, 3.8) is 0 Å². The van der Waals surface area contributed by atoms with E-state index in [0.717, 1.165) is 18.7 Å². The Balaban J connectivity index is 2.19. The molecule has 0 aliphatic rings. The van der Waals surface area contributed by atoms with Gasteiger partial charge < -0.3 is 14.8 Å². The number of aryl methyl sites for hydroxylation is 2. The topological polar surface area (TPSA) is 65.7 Å². The molecule has 0 bridgehead atoms. The van der Waals surface area contributed by atoms with E-state index in [2.05, 4.69) is 17.0 Å². The van der Waals surface area contributed by atoms with E-state index < -0.39 is 0 Å². The van der Waals surface area contributed by atoms with E-state index >= 15 is 0 Å². The average molecular weight is 316 g/mol. The average Bonchev–Trinajstić information content (AvgIpc) is 2.57. The number of nitrogens with zero attached hydrogens (tertiary/aromatic N) is 2. The lowest BCUT2D eigenvalue weighted by Crippen LogP contribution is -2.28. The number of hydrogen-bond acceptors (Lipinski definition) is 4. The number of aromatic nitrogens is 1. The molecule has 5 nitrogen and oxygen atoms in total. The van der Waals surface area contributed by atoms with Crippen LogP contribution in [0, 0.1) is 0 Å². The Morgan fingerprint density at radius 1 is 1.22 bits per heavy atom. The van der Waals surface area contributed by atoms with Crippen LogP contribution in [0.3, 0.4) is 0 Å². The number of pyridine rings is 1. The summed E-state index contributed by atoms with van der Waals surface area (Å²) in [6.07, 6.45) is 2.33. The number of hydrogen-bond donors (Lipinski definition) is 2. The summed E-state index contributed by atoms with van der Waals surface area (Å²) in [5.74, 6) is -0.230. The largest absolute Gasteiger partial charge is 0.503 e. The highest BCUT2D eigenvalue weighted by molar-refractivity contribution is 5.21. The van der Waals surface area contributed by atoms with Gasteiger partial charge in [-0.2, -0.15) is 0 Å². The summed E-state index contributed by atoms with van der Waals surface area (Å²) < 4.78 is 1.92. The molecule has 0 aliphatic carbocycles. The van der Waals surface area contributed by atoms with Crippen LogP contribution < -0.4 is 5.43 Å². The van der Waals surface area contributed by atoms with E-state index in [1.807, 2.05) is 29.7 Å². The number of aliphatic hydroxyl groups excluding tert-OH is 1. The zero-order valence-corrected chi connectivity index (χ0v) is 13.5. The number of benzene rings is 1. The first kappa shape index (κ1) is 17.2. The lowest BCUT2D eigenvalue weighted by molar-refractivity contribution is 0.193. The van der Waals surface area contributed by atoms with Gasteiger partial charge >= 0.3 is 0 Å². The molecule has 23 heavy (non-hydrogen) atoms. The summed E-state index contributed by atoms with van der Waals surface area (Å²) in [7, 11) is 0. The van der Waals surface area contributed by atoms with Gasteiger partial charge in [0.2, 0.25) is 5.43 Å². The molecule has 0 saturated carbocycles. The van der Waals surface area contributed by atoms with E-state index in [1.165, 1.54) is 17.8 Å². The molecule has 1 heterocycles. The molecule has 1 aromatic carbocycles. The third-order valence-electron chi connectivity index (χ3n) is 3.93. The first-order chi connectivity index (χ1) is 11.1. The molecule has 0 amide bonds. The highest BCUT2D eigenvalue weighted by Gasteiger charge is 2.10. The van der Waals surface area contributed by atoms with Crippen molar-refractivity contribution in [1.29, 1.82) is 0 Å². The van der Waals surface area contributed by atoms with Crippen LogP contribution >= 0.6 is 0 Å². The summed E-state index contributed by atoms with van der Waals surface area (Å²) >= 11 is 0. The molecule has 0 radical (unpaired) electrons. The summed E-state index contributed by atoms with van der Waals surface area (Å²) in [6, 6.07) is 11.6. The fourth-order valence-electron chi connectivity index (χ4n) is 2.56. The molecule has 2 N–H and O–H groups in total. The van der Waals surface area contributed by atoms with Crippen LogP contribution in [0.5, 0.6) is 5.75 Å². The Morgan fingerprint density at radius 2 is 1.96 bits per heavy atom. The van der Waals surface area contributed by atoms with Gasteiger partial charge in [-0.3, -0.25) is 9.69 Å². The Labute approximate surface area is 136 Å². The van der Waals surface area contributed by atoms with E-state index in [4.69, 9.17) is 5.11 Å². The summed E-state index contributed by atoms with van der Waals surface area (Å²) in [5, 5.41) is 18.8. The van der Waals surface area contributed by atoms with E-state index in [9.17, 15) is 9.90 Å². The van der Waals surface area contributed by atoms with Gasteiger partial charge in [-0.15, -0.1) is 0 Å². The Morgan fingerprint density at radius 3 is 2.61 bits per heavy atom. The van der Waals surface area contributed by atoms with Crippen LogP contribution in [0.1, 0.15) is 18.2 Å². The standard InChI is InChI=1S/C18H24N2O3/c1-2-19(10-11-21)13-16-12-17(22)18(23)14-20(16)9-8-15-6-4-3-5-7-15/h3-7,12,14,21,23H,2,8-11,13H2,1H3. The fraction of sp³-hybridized carbons (Fsp3) is 0.389. The van der Waals surface area contributed by atoms with E-state index in [-0.39, 0.29) is 17.8 Å². The van der Waals surface area contributed by atoms with Crippen molar-refractivity contribution in [3.8, 4) is 5.75 Å². The van der Waals surface area contributed by atoms with Crippen LogP contribution in [0.2, 0.25) is 0 Å². The minimum atomic E-state index is -0.365. The van der Waals surface area contributed by atoms with Crippen molar-refractivity contribution in [2.75, 3.05) is 19.7 Å². The van der Waals surface area contributed by atoms with Crippen molar-refractivity contribution in [2.24, 2.45) is 0 Å². The highest BCUT2D eigenvalue weighted by Crippen LogP contribution is 2.10. The lowest BCUT2D eigenvalue weighted by Gasteiger charge is -2.22. The molecule has 0 atom stereocenters. The number of rotatable bonds is 8. The second kappa shape index (κ2) is 8.50. The van der Waals surface area contributed by atoms with Crippen LogP contribution in [0.15, 0.2) is 47.4 Å². The maximum Gasteiger partial charge on any atom is 0.223 e. The van der Waals surface area contributed by atoms with Gasteiger partial charge in [0.1, 0.15) is 0 Å². The van der Waals surface area contributed by atoms with Crippen LogP contribution in [0.4, 0.5) is 0 Å². The Bertz CT molecular complexity index is 668. The summed E-state index contributed by atoms with van der Waals surface area (Å²) in [4.78, 5) is 13.8. The molecule has 2 rings (SSSR count). The first-order valence-electron chi connectivity index (χ1n) is 7.93. The third-order valence-corrected chi connectivity index (χ3v) is 3.93. The molecule has 124 valence electrons. The molecule has 0 saturated heterocycles. The number of likely N-dealkylation sites (N-methyl/N-ethyl adjacent to an activating group) is 1. The van der Waals surface area contributed by atoms with Gasteiger partial charge in [-0.05, 0) is 18.5 Å². The van der Waals surface area contributed by atoms with Gasteiger partial charge in [0, 0.05) is 31.4 Å². The lowest BCUT2D eigenvalue weighted by atomic mass is 10.1. The van der Waals surface area contributed by atoms with Crippen LogP contribution in [0.25, 0.3) is 0 Å². The normalized spacial score (nSPS) is 11.1. The number of aliphatic hydroxyl groups is 1. The Hall–Kier alpha value is -2.11. The summed E-state index contributed by atoms with van der Waals surface area (Å²) in [6.45, 7) is 4.70. The Kier molecular flexibility index (Phi) is 6.38. The molecule has 0 spiro atoms. The first-order valence-corrected chi connectivity index (χ1v) is 7.93. The van der Waals surface area contributed by atoms with E-state index in [0.29, 0.717) is 19.6 Å². The minimum Gasteiger partial charge on any atom is -0.503 e. The molecule has 0 fully saturated rings. The van der Waals surface area contributed by atoms with Crippen molar-refractivity contribution >= 4 is 0 Å². The fourth-order valence-corrected chi connectivity index (χ4v) is 2.56. The second-order valence-corrected chi connectivity index (χ2v) is 5.54. The van der Waals surface area contributed by atoms with Crippen molar-refractivity contribution in [1.82, 2.24) is 9.47 Å². The van der Waals surface area contributed by atoms with Gasteiger partial charge in [0.15, 0.2) is 5.75 Å². The zero-order chi connectivity index (χ0) is 16.7. The molecular formula is C18H24N2O3. The predicted molar refractivity (Wildman–Crippen MR) is 90.5 cm³/mol. The second-order valence-electron chi connectivity index (χ2n) is 5.54. The van der Waals surface area contributed by atoms with Gasteiger partial charge in [-0.25, -0.2) is 0 Å². The predicted octanol–water partition coefficient (Wildman–Crippen LogP) is 1.61. The van der Waals surface area contributed by atoms with E-state index in [1.54, 1.807) is 0 Å². The number of aromatic hydroxyl groups is 1. The van der Waals surface area contributed by atoms with Crippen molar-refractivity contribution in [3.05, 3.63) is 64.1 Å². The monoisotopic (exact) mass is 316 g/mol. The molecule has 0 aliphatic heterocycles. The van der Waals surface area contributed by atoms with Crippen molar-refractivity contribution in [2.45, 2.75) is 26.4 Å². The van der Waals surface area contributed by atoms with Crippen LogP contribution in [-0.4, -0.2) is 39.4 Å². The molecule has 1 aromatic heterocycles. The molecular weight excluding hydrogens is 292 g/mol. The maximum atomic E-state index is 11.8. The highest BCUT2D eigenvalue weighted by atomic mass is 16.3. The SMILES string of the molecule is CCN(CCO)Cc1cc(=O)c(O)cn1CCc1ccccc1. The molecule has 0 unspecified atom stereocenters. The van der Waals surface area contributed by atoms with Crippen molar-refractivity contribution < 1.29 is 10.2 Å². The smallest absolute Gasteiger partial charge is 0.223 e. The zero-order valence-electron chi connectivity index (χ0n) is 13.5. The minimum absolute atomic E-state index is 0.0835. The van der Waals surface area contributed by atoms with Gasteiger partial charge in [-0.1, -0.05) is 37.3 Å². The van der Waals surface area contributed by atoms with Crippen LogP contribution in [-0.2, 0) is 19.5 Å². The summed E-state index contributed by atoms with van der Waals surface area (Å²) in [5.41, 5.74) is 1.69. The third kappa shape index (κ3) is 4.94. The van der Waals surface area contributed by atoms with Gasteiger partial charge in [0.25, 0.3) is 0 Å². The maximum absolute atomic E-state index is 11.8. The van der Waals surface area contributed by atoms with Gasteiger partial charge in [0.05, 0.1) is 12.8 Å². The molecule has 5 heteroatoms. The quantitative estimate of drug-likeness (QED) is 0.776.